The monoisotopic (exact) mass is 95.0 g/mol. The molecule has 0 fully saturated rings. The molecule has 6 heavy (non-hydrogen) atoms. The second-order valence-electron chi connectivity index (χ2n) is 1.13. The quantitative estimate of drug-likeness (QED) is 0.425. The first kappa shape index (κ1) is 3.68. The molecule has 0 spiro atoms. The molecule has 0 saturated heterocycles. The Morgan fingerprint density at radius 3 is 2.83 bits per heavy atom. The summed E-state index contributed by atoms with van der Waals surface area (Å²) < 4.78 is 0. The van der Waals surface area contributed by atoms with Crippen LogP contribution in [-0.2, 0) is 0 Å². The lowest BCUT2D eigenvalue weighted by atomic mass is 10.5. The van der Waals surface area contributed by atoms with E-state index in [1.807, 2.05) is 6.08 Å². The molecule has 0 aromatic rings. The van der Waals surface area contributed by atoms with Crippen molar-refractivity contribution in [1.29, 1.82) is 0 Å². The fraction of sp³-hybridized carbons (Fsp3) is 0. The zero-order valence-electron chi connectivity index (χ0n) is 3.36. The van der Waals surface area contributed by atoms with Gasteiger partial charge in [0.1, 0.15) is 0 Å². The van der Waals surface area contributed by atoms with Crippen LogP contribution in [0.1, 0.15) is 0 Å². The molecule has 2 heteroatoms. The van der Waals surface area contributed by atoms with E-state index in [1.165, 1.54) is 0 Å². The van der Waals surface area contributed by atoms with Crippen LogP contribution in [0.3, 0.4) is 0 Å². The van der Waals surface area contributed by atoms with Crippen molar-refractivity contribution >= 4 is 9.68 Å². The van der Waals surface area contributed by atoms with Gasteiger partial charge >= 0.3 is 0 Å². The molecule has 0 bridgehead atoms. The third kappa shape index (κ3) is 0.516. The van der Waals surface area contributed by atoms with E-state index < -0.39 is 0 Å². The van der Waals surface area contributed by atoms with Crippen molar-refractivity contribution in [2.24, 2.45) is 0 Å². The molecule has 1 heterocycles. The Kier molecular flexibility index (Phi) is 0.799. The van der Waals surface area contributed by atoms with Gasteiger partial charge in [0.05, 0.1) is 0 Å². The fourth-order valence-corrected chi connectivity index (χ4v) is 0.955. The summed E-state index contributed by atoms with van der Waals surface area (Å²) in [5.41, 5.74) is 3.11. The van der Waals surface area contributed by atoms with Crippen LogP contribution in [0.15, 0.2) is 24.1 Å². The molecule has 0 unspecified atom stereocenters. The van der Waals surface area contributed by atoms with Crippen LogP contribution in [0.25, 0.3) is 0 Å². The number of hydrogen-bond acceptors (Lipinski definition) is 1. The average molecular weight is 95.2 g/mol. The SMILES string of the molecule is C=C1C=C[Si]N1. The van der Waals surface area contributed by atoms with Crippen LogP contribution in [0.2, 0.25) is 0 Å². The Morgan fingerprint density at radius 1 is 1.83 bits per heavy atom. The minimum Gasteiger partial charge on any atom is -0.409 e. The Balaban J connectivity index is 2.59. The van der Waals surface area contributed by atoms with Crippen molar-refractivity contribution in [3.8, 4) is 0 Å². The van der Waals surface area contributed by atoms with Crippen molar-refractivity contribution in [3.63, 3.8) is 0 Å². The lowest BCUT2D eigenvalue weighted by Crippen LogP contribution is -2.06. The summed E-state index contributed by atoms with van der Waals surface area (Å²) in [5, 5.41) is 0. The maximum absolute atomic E-state index is 3.66. The molecule has 1 aliphatic rings. The zero-order chi connectivity index (χ0) is 4.41. The van der Waals surface area contributed by atoms with Gasteiger partial charge in [-0.05, 0) is 6.08 Å². The van der Waals surface area contributed by atoms with E-state index >= 15 is 0 Å². The minimum atomic E-state index is 0.759. The maximum atomic E-state index is 3.66. The Hall–Kier alpha value is -0.503. The molecule has 2 radical (unpaired) electrons. The minimum absolute atomic E-state index is 0.759. The first-order valence-corrected chi connectivity index (χ1v) is 2.84. The van der Waals surface area contributed by atoms with Gasteiger partial charge in [-0.3, -0.25) is 0 Å². The molecule has 0 atom stereocenters. The fourth-order valence-electron chi connectivity index (χ4n) is 0.318. The van der Waals surface area contributed by atoms with Gasteiger partial charge in [-0.25, -0.2) is 0 Å². The summed E-state index contributed by atoms with van der Waals surface area (Å²) in [7, 11) is 0.759. The number of allylic oxidation sites excluding steroid dienone is 1. The predicted octanol–water partition coefficient (Wildman–Crippen LogP) is 0.236. The molecule has 0 aromatic carbocycles. The van der Waals surface area contributed by atoms with E-state index in [4.69, 9.17) is 0 Å². The maximum Gasteiger partial charge on any atom is 0.210 e. The highest BCUT2D eigenvalue weighted by atomic mass is 28.2. The summed E-state index contributed by atoms with van der Waals surface area (Å²) in [6, 6.07) is 0. The molecular weight excluding hydrogens is 90.1 g/mol. The number of hydrogen-bond donors (Lipinski definition) is 1. The summed E-state index contributed by atoms with van der Waals surface area (Å²) in [4.78, 5) is 3.04. The molecule has 1 rings (SSSR count). The second-order valence-corrected chi connectivity index (χ2v) is 2.00. The molecule has 1 nitrogen and oxygen atoms in total. The average Bonchev–Trinajstić information content (AvgIpc) is 1.86. The number of nitrogens with one attached hydrogen (secondary N) is 1. The third-order valence-corrected chi connectivity index (χ3v) is 1.40. The Morgan fingerprint density at radius 2 is 2.67 bits per heavy atom. The van der Waals surface area contributed by atoms with Crippen LogP contribution in [0, 0.1) is 0 Å². The van der Waals surface area contributed by atoms with Crippen LogP contribution >= 0.6 is 0 Å². The van der Waals surface area contributed by atoms with Crippen LogP contribution in [0.4, 0.5) is 0 Å². The summed E-state index contributed by atoms with van der Waals surface area (Å²) >= 11 is 0. The van der Waals surface area contributed by atoms with Crippen LogP contribution < -0.4 is 4.98 Å². The molecule has 1 aliphatic heterocycles. The van der Waals surface area contributed by atoms with Crippen molar-refractivity contribution in [1.82, 2.24) is 4.98 Å². The van der Waals surface area contributed by atoms with Crippen molar-refractivity contribution < 1.29 is 0 Å². The van der Waals surface area contributed by atoms with Crippen LogP contribution in [-0.4, -0.2) is 9.68 Å². The van der Waals surface area contributed by atoms with Crippen molar-refractivity contribution in [2.45, 2.75) is 0 Å². The lowest BCUT2D eigenvalue weighted by Gasteiger charge is -1.86. The molecule has 0 amide bonds. The molecule has 0 aromatic heterocycles. The smallest absolute Gasteiger partial charge is 0.210 e. The molecule has 1 N–H and O–H groups in total. The predicted molar refractivity (Wildman–Crippen MR) is 27.2 cm³/mol. The van der Waals surface area contributed by atoms with Gasteiger partial charge in [0.15, 0.2) is 0 Å². The van der Waals surface area contributed by atoms with Crippen LogP contribution in [0.5, 0.6) is 0 Å². The molecular formula is C4H5NSi. The molecule has 0 saturated carbocycles. The first-order chi connectivity index (χ1) is 2.89. The van der Waals surface area contributed by atoms with Gasteiger partial charge < -0.3 is 4.98 Å². The van der Waals surface area contributed by atoms with Gasteiger partial charge in [-0.1, -0.05) is 12.3 Å². The number of rotatable bonds is 0. The van der Waals surface area contributed by atoms with E-state index in [0.29, 0.717) is 0 Å². The second kappa shape index (κ2) is 1.30. The molecule has 30 valence electrons. The van der Waals surface area contributed by atoms with Gasteiger partial charge in [0.25, 0.3) is 0 Å². The van der Waals surface area contributed by atoms with Gasteiger partial charge in [-0.2, -0.15) is 0 Å². The highest BCUT2D eigenvalue weighted by Crippen LogP contribution is 1.89. The Labute approximate surface area is 39.7 Å². The standard InChI is InChI=1S/C4H5NSi/c1-4-2-3-6-5-4/h2-3,5H,1H2. The van der Waals surface area contributed by atoms with E-state index in [1.54, 1.807) is 0 Å². The van der Waals surface area contributed by atoms with E-state index in [-0.39, 0.29) is 0 Å². The lowest BCUT2D eigenvalue weighted by molar-refractivity contribution is 1.30. The summed E-state index contributed by atoms with van der Waals surface area (Å²) in [5.74, 6) is 0. The van der Waals surface area contributed by atoms with Crippen molar-refractivity contribution in [2.75, 3.05) is 0 Å². The largest absolute Gasteiger partial charge is 0.409 e. The normalized spacial score (nSPS) is 18.3. The highest BCUT2D eigenvalue weighted by Gasteiger charge is 1.91. The highest BCUT2D eigenvalue weighted by molar-refractivity contribution is 6.41. The topological polar surface area (TPSA) is 12.0 Å². The molecule has 0 aliphatic carbocycles. The van der Waals surface area contributed by atoms with E-state index in [2.05, 4.69) is 17.3 Å². The summed E-state index contributed by atoms with van der Waals surface area (Å²) in [6.45, 7) is 3.66. The summed E-state index contributed by atoms with van der Waals surface area (Å²) in [6.07, 6.45) is 1.98. The van der Waals surface area contributed by atoms with E-state index in [9.17, 15) is 0 Å². The first-order valence-electron chi connectivity index (χ1n) is 1.76. The Bertz CT molecular complexity index is 95.7. The third-order valence-electron chi connectivity index (χ3n) is 0.601. The van der Waals surface area contributed by atoms with Gasteiger partial charge in [-0.15, -0.1) is 0 Å². The van der Waals surface area contributed by atoms with E-state index in [0.717, 1.165) is 15.4 Å². The zero-order valence-corrected chi connectivity index (χ0v) is 4.36. The van der Waals surface area contributed by atoms with Gasteiger partial charge in [0.2, 0.25) is 9.68 Å². The van der Waals surface area contributed by atoms with Crippen molar-refractivity contribution in [3.05, 3.63) is 24.1 Å². The van der Waals surface area contributed by atoms with Gasteiger partial charge in [0, 0.05) is 5.70 Å².